The first-order valence-corrected chi connectivity index (χ1v) is 5.45. The number of halogens is 1. The zero-order valence-corrected chi connectivity index (χ0v) is 10.7. The molecule has 0 bridgehead atoms. The lowest BCUT2D eigenvalue weighted by Gasteiger charge is -2.24. The quantitative estimate of drug-likeness (QED) is 0.600. The van der Waals surface area contributed by atoms with Crippen LogP contribution in [0.3, 0.4) is 0 Å². The Morgan fingerprint density at radius 2 is 2.06 bits per heavy atom. The molecule has 0 aliphatic heterocycles. The van der Waals surface area contributed by atoms with Crippen LogP contribution in [-0.4, -0.2) is 30.9 Å². The van der Waals surface area contributed by atoms with Gasteiger partial charge in [0.05, 0.1) is 13.2 Å². The molecule has 1 atom stereocenters. The molecule has 0 radical (unpaired) electrons. The number of hydrogen-bond donors (Lipinski definition) is 0. The van der Waals surface area contributed by atoms with E-state index in [-0.39, 0.29) is 6.04 Å². The molecule has 0 aliphatic rings. The normalized spacial score (nSPS) is 11.8. The Bertz CT molecular complexity index is 434. The molecule has 4 nitrogen and oxygen atoms in total. The van der Waals surface area contributed by atoms with Crippen LogP contribution in [0.1, 0.15) is 18.5 Å². The first-order valence-electron chi connectivity index (χ1n) is 5.08. The maximum atomic E-state index is 11.6. The lowest BCUT2D eigenvalue weighted by molar-refractivity contribution is -0.158. The van der Waals surface area contributed by atoms with Crippen molar-refractivity contribution in [3.05, 3.63) is 34.9 Å². The highest BCUT2D eigenvalue weighted by Crippen LogP contribution is 2.21. The number of esters is 1. The second-order valence-corrected chi connectivity index (χ2v) is 4.08. The molecule has 0 fully saturated rings. The molecule has 1 aromatic rings. The molecule has 5 heteroatoms. The van der Waals surface area contributed by atoms with Crippen LogP contribution in [0.15, 0.2) is 24.3 Å². The van der Waals surface area contributed by atoms with Gasteiger partial charge in [-0.2, -0.15) is 0 Å². The maximum absolute atomic E-state index is 11.6. The van der Waals surface area contributed by atoms with Crippen molar-refractivity contribution in [2.75, 3.05) is 14.2 Å². The average molecular weight is 256 g/mol. The minimum atomic E-state index is -0.874. The van der Waals surface area contributed by atoms with Crippen LogP contribution in [0.4, 0.5) is 0 Å². The minimum Gasteiger partial charge on any atom is -0.462 e. The van der Waals surface area contributed by atoms with E-state index in [0.717, 1.165) is 5.56 Å². The molecule has 0 aliphatic carbocycles. The van der Waals surface area contributed by atoms with E-state index in [1.807, 2.05) is 13.0 Å². The number of amides is 1. The van der Waals surface area contributed by atoms with Gasteiger partial charge in [-0.3, -0.25) is 4.79 Å². The second-order valence-electron chi connectivity index (χ2n) is 3.64. The van der Waals surface area contributed by atoms with E-state index in [4.69, 9.17) is 11.6 Å². The van der Waals surface area contributed by atoms with Crippen molar-refractivity contribution in [2.45, 2.75) is 13.0 Å². The number of methoxy groups -OCH3 is 1. The minimum absolute atomic E-state index is 0.250. The van der Waals surface area contributed by atoms with Crippen molar-refractivity contribution in [1.82, 2.24) is 4.90 Å². The first kappa shape index (κ1) is 13.5. The third kappa shape index (κ3) is 3.20. The van der Waals surface area contributed by atoms with Crippen LogP contribution in [0.5, 0.6) is 0 Å². The second kappa shape index (κ2) is 5.68. The van der Waals surface area contributed by atoms with Gasteiger partial charge in [-0.1, -0.05) is 23.7 Å². The number of nitrogens with zero attached hydrogens (tertiary/aromatic N) is 1. The van der Waals surface area contributed by atoms with Crippen molar-refractivity contribution < 1.29 is 14.3 Å². The number of hydrogen-bond acceptors (Lipinski definition) is 3. The Balaban J connectivity index is 2.86. The number of rotatable bonds is 2. The summed E-state index contributed by atoms with van der Waals surface area (Å²) in [5, 5.41) is 0.591. The van der Waals surface area contributed by atoms with Crippen LogP contribution < -0.4 is 0 Å². The van der Waals surface area contributed by atoms with Gasteiger partial charge < -0.3 is 9.64 Å². The molecule has 0 heterocycles. The number of ether oxygens (including phenoxy) is 1. The number of likely N-dealkylation sites (N-methyl/N-ethyl adjacent to an activating group) is 1. The van der Waals surface area contributed by atoms with Crippen molar-refractivity contribution in [3.8, 4) is 0 Å². The summed E-state index contributed by atoms with van der Waals surface area (Å²) in [7, 11) is 2.73. The Morgan fingerprint density at radius 1 is 1.41 bits per heavy atom. The Morgan fingerprint density at radius 3 is 2.59 bits per heavy atom. The van der Waals surface area contributed by atoms with Gasteiger partial charge in [0.1, 0.15) is 0 Å². The van der Waals surface area contributed by atoms with Crippen LogP contribution in [-0.2, 0) is 14.3 Å². The summed E-state index contributed by atoms with van der Waals surface area (Å²) < 4.78 is 4.39. The fourth-order valence-electron chi connectivity index (χ4n) is 1.40. The summed E-state index contributed by atoms with van der Waals surface area (Å²) in [6.07, 6.45) is 0. The molecule has 1 amide bonds. The molecule has 0 aromatic heterocycles. The maximum Gasteiger partial charge on any atom is 0.396 e. The van der Waals surface area contributed by atoms with Gasteiger partial charge >= 0.3 is 11.9 Å². The summed E-state index contributed by atoms with van der Waals surface area (Å²) in [6.45, 7) is 1.81. The Kier molecular flexibility index (Phi) is 4.52. The molecule has 0 N–H and O–H groups in total. The number of carbonyl (C=O) groups excluding carboxylic acids is 2. The van der Waals surface area contributed by atoms with E-state index < -0.39 is 11.9 Å². The molecule has 0 saturated carbocycles. The Labute approximate surface area is 105 Å². The van der Waals surface area contributed by atoms with Gasteiger partial charge in [-0.15, -0.1) is 0 Å². The van der Waals surface area contributed by atoms with Gasteiger partial charge in [0, 0.05) is 12.1 Å². The largest absolute Gasteiger partial charge is 0.462 e. The Hall–Kier alpha value is -1.55. The average Bonchev–Trinajstić information content (AvgIpc) is 2.35. The third-order valence-corrected chi connectivity index (χ3v) is 2.83. The molecule has 92 valence electrons. The van der Waals surface area contributed by atoms with E-state index in [1.165, 1.54) is 12.0 Å². The smallest absolute Gasteiger partial charge is 0.396 e. The van der Waals surface area contributed by atoms with Gasteiger partial charge in [-0.25, -0.2) is 4.79 Å². The molecule has 1 aromatic carbocycles. The summed E-state index contributed by atoms with van der Waals surface area (Å²) >= 11 is 5.87. The lowest BCUT2D eigenvalue weighted by atomic mass is 10.1. The predicted molar refractivity (Wildman–Crippen MR) is 64.7 cm³/mol. The predicted octanol–water partition coefficient (Wildman–Crippen LogP) is 2.03. The van der Waals surface area contributed by atoms with E-state index in [0.29, 0.717) is 5.02 Å². The van der Waals surface area contributed by atoms with Crippen molar-refractivity contribution in [3.63, 3.8) is 0 Å². The third-order valence-electron chi connectivity index (χ3n) is 2.59. The fraction of sp³-hybridized carbons (Fsp3) is 0.333. The molecular formula is C12H14ClNO3. The highest BCUT2D eigenvalue weighted by molar-refractivity contribution is 6.32. The number of carbonyl (C=O) groups is 2. The van der Waals surface area contributed by atoms with Gasteiger partial charge in [0.25, 0.3) is 0 Å². The zero-order valence-electron chi connectivity index (χ0n) is 9.94. The van der Waals surface area contributed by atoms with Crippen LogP contribution >= 0.6 is 11.6 Å². The molecule has 0 saturated heterocycles. The highest BCUT2D eigenvalue weighted by atomic mass is 35.5. The van der Waals surface area contributed by atoms with E-state index in [1.54, 1.807) is 25.2 Å². The summed E-state index contributed by atoms with van der Waals surface area (Å²) in [4.78, 5) is 24.0. The van der Waals surface area contributed by atoms with Crippen LogP contribution in [0, 0.1) is 0 Å². The molecular weight excluding hydrogens is 242 g/mol. The summed E-state index contributed by atoms with van der Waals surface area (Å²) in [6, 6.07) is 6.90. The van der Waals surface area contributed by atoms with Gasteiger partial charge in [-0.05, 0) is 24.6 Å². The van der Waals surface area contributed by atoms with Crippen LogP contribution in [0.25, 0.3) is 0 Å². The lowest BCUT2D eigenvalue weighted by Crippen LogP contribution is -2.35. The SMILES string of the molecule is COC(=O)C(=O)N(C)C(C)c1cccc(Cl)c1. The van der Waals surface area contributed by atoms with Gasteiger partial charge in [0.15, 0.2) is 0 Å². The fourth-order valence-corrected chi connectivity index (χ4v) is 1.60. The molecule has 17 heavy (non-hydrogen) atoms. The highest BCUT2D eigenvalue weighted by Gasteiger charge is 2.24. The zero-order chi connectivity index (χ0) is 13.0. The van der Waals surface area contributed by atoms with E-state index in [9.17, 15) is 9.59 Å². The topological polar surface area (TPSA) is 46.6 Å². The van der Waals surface area contributed by atoms with E-state index >= 15 is 0 Å². The molecule has 1 rings (SSSR count). The van der Waals surface area contributed by atoms with Crippen molar-refractivity contribution in [2.24, 2.45) is 0 Å². The number of benzene rings is 1. The van der Waals surface area contributed by atoms with Gasteiger partial charge in [0.2, 0.25) is 0 Å². The van der Waals surface area contributed by atoms with Crippen molar-refractivity contribution in [1.29, 1.82) is 0 Å². The standard InChI is InChI=1S/C12H14ClNO3/c1-8(9-5-4-6-10(13)7-9)14(2)11(15)12(16)17-3/h4-8H,1-3H3. The van der Waals surface area contributed by atoms with E-state index in [2.05, 4.69) is 4.74 Å². The van der Waals surface area contributed by atoms with Crippen molar-refractivity contribution >= 4 is 23.5 Å². The molecule has 0 spiro atoms. The first-order chi connectivity index (χ1) is 7.97. The summed E-state index contributed by atoms with van der Waals surface area (Å²) in [5.74, 6) is -1.55. The summed E-state index contributed by atoms with van der Waals surface area (Å²) in [5.41, 5.74) is 0.859. The monoisotopic (exact) mass is 255 g/mol. The molecule has 1 unspecified atom stereocenters. The van der Waals surface area contributed by atoms with Crippen LogP contribution in [0.2, 0.25) is 5.02 Å².